The van der Waals surface area contributed by atoms with Gasteiger partial charge >= 0.3 is 0 Å². The Hall–Kier alpha value is -2.27. The zero-order valence-corrected chi connectivity index (χ0v) is 16.7. The minimum atomic E-state index is -0.347. The Bertz CT molecular complexity index is 794. The van der Waals surface area contributed by atoms with Gasteiger partial charge in [-0.15, -0.1) is 0 Å². The fraction of sp³-hybridized carbons (Fsp3) is 0.400. The van der Waals surface area contributed by atoms with Gasteiger partial charge in [0.2, 0.25) is 5.78 Å². The summed E-state index contributed by atoms with van der Waals surface area (Å²) >= 11 is 6.17. The van der Waals surface area contributed by atoms with Crippen molar-refractivity contribution in [1.82, 2.24) is 0 Å². The number of ether oxygens (including phenoxy) is 1. The minimum Gasteiger partial charge on any atom is -0.494 e. The number of anilines is 1. The monoisotopic (exact) mass is 375 g/mol. The molecule has 0 heterocycles. The molecule has 1 aliphatic carbocycles. The number of ketones is 1. The van der Waals surface area contributed by atoms with Crippen LogP contribution in [0.3, 0.4) is 0 Å². The molecule has 0 saturated heterocycles. The summed E-state index contributed by atoms with van der Waals surface area (Å²) in [5.74, 6) is 0.310. The van der Waals surface area contributed by atoms with Gasteiger partial charge in [-0.05, 0) is 45.4 Å². The number of Topliss-reactive ketones (excluding diaryl/α,β-unsaturated/α-hetero) is 1. The molecule has 0 amide bonds. The lowest BCUT2D eigenvalue weighted by atomic mass is 9.98. The number of nitrogens with two attached hydrogens (primary N) is 1. The molecule has 5 nitrogen and oxygen atoms in total. The van der Waals surface area contributed by atoms with Crippen molar-refractivity contribution >= 4 is 34.5 Å². The molecule has 2 N–H and O–H groups in total. The summed E-state index contributed by atoms with van der Waals surface area (Å²) in [6.45, 7) is 9.24. The SMILES string of the molecule is CCC1=C(Cl)C(=O)C(N)=CC1=Nc1ccc(N(CC)C(C)C)cc1OC. The van der Waals surface area contributed by atoms with Gasteiger partial charge in [0.25, 0.3) is 0 Å². The smallest absolute Gasteiger partial charge is 0.220 e. The van der Waals surface area contributed by atoms with Gasteiger partial charge in [-0.1, -0.05) is 18.5 Å². The molecule has 0 aliphatic heterocycles. The van der Waals surface area contributed by atoms with E-state index in [-0.39, 0.29) is 16.5 Å². The highest BCUT2D eigenvalue weighted by atomic mass is 35.5. The van der Waals surface area contributed by atoms with Crippen LogP contribution in [-0.4, -0.2) is 31.2 Å². The molecule has 1 aromatic carbocycles. The van der Waals surface area contributed by atoms with Gasteiger partial charge in [0.15, 0.2) is 0 Å². The van der Waals surface area contributed by atoms with Gasteiger partial charge in [0, 0.05) is 29.9 Å². The van der Waals surface area contributed by atoms with Crippen molar-refractivity contribution in [1.29, 1.82) is 0 Å². The third kappa shape index (κ3) is 3.93. The average molecular weight is 376 g/mol. The first kappa shape index (κ1) is 20.0. The van der Waals surface area contributed by atoms with Crippen molar-refractivity contribution in [2.45, 2.75) is 40.2 Å². The van der Waals surface area contributed by atoms with Crippen LogP contribution in [0.4, 0.5) is 11.4 Å². The number of rotatable bonds is 6. The van der Waals surface area contributed by atoms with E-state index < -0.39 is 0 Å². The van der Waals surface area contributed by atoms with Crippen LogP contribution in [0.2, 0.25) is 0 Å². The molecule has 0 spiro atoms. The van der Waals surface area contributed by atoms with Crippen LogP contribution in [0.15, 0.2) is 45.6 Å². The molecule has 1 aliphatic rings. The fourth-order valence-corrected chi connectivity index (χ4v) is 3.36. The fourth-order valence-electron chi connectivity index (χ4n) is 3.03. The van der Waals surface area contributed by atoms with Gasteiger partial charge in [0.1, 0.15) is 11.4 Å². The maximum Gasteiger partial charge on any atom is 0.220 e. The van der Waals surface area contributed by atoms with E-state index in [0.29, 0.717) is 35.2 Å². The zero-order valence-electron chi connectivity index (χ0n) is 16.0. The molecule has 0 saturated carbocycles. The Labute approximate surface area is 160 Å². The molecule has 26 heavy (non-hydrogen) atoms. The van der Waals surface area contributed by atoms with Crippen LogP contribution < -0.4 is 15.4 Å². The molecule has 0 unspecified atom stereocenters. The first-order chi connectivity index (χ1) is 12.3. The highest BCUT2D eigenvalue weighted by molar-refractivity contribution is 6.49. The quantitative estimate of drug-likeness (QED) is 0.751. The van der Waals surface area contributed by atoms with E-state index in [0.717, 1.165) is 12.2 Å². The lowest BCUT2D eigenvalue weighted by Gasteiger charge is -2.28. The summed E-state index contributed by atoms with van der Waals surface area (Å²) in [6, 6.07) is 6.28. The van der Waals surface area contributed by atoms with Crippen molar-refractivity contribution in [3.8, 4) is 5.75 Å². The van der Waals surface area contributed by atoms with Crippen LogP contribution >= 0.6 is 11.6 Å². The normalized spacial score (nSPS) is 16.3. The van der Waals surface area contributed by atoms with Gasteiger partial charge in [0.05, 0.1) is 23.6 Å². The second-order valence-corrected chi connectivity index (χ2v) is 6.69. The summed E-state index contributed by atoms with van der Waals surface area (Å²) in [6.07, 6.45) is 2.16. The first-order valence-electron chi connectivity index (χ1n) is 8.78. The van der Waals surface area contributed by atoms with E-state index in [4.69, 9.17) is 22.1 Å². The van der Waals surface area contributed by atoms with Crippen molar-refractivity contribution < 1.29 is 9.53 Å². The zero-order chi connectivity index (χ0) is 19.4. The largest absolute Gasteiger partial charge is 0.494 e. The predicted octanol–water partition coefficient (Wildman–Crippen LogP) is 4.33. The number of carbonyl (C=O) groups is 1. The van der Waals surface area contributed by atoms with E-state index in [1.54, 1.807) is 13.2 Å². The van der Waals surface area contributed by atoms with Crippen molar-refractivity contribution in [2.75, 3.05) is 18.6 Å². The maximum atomic E-state index is 12.0. The first-order valence-corrected chi connectivity index (χ1v) is 9.16. The highest BCUT2D eigenvalue weighted by Crippen LogP contribution is 2.34. The Morgan fingerprint density at radius 3 is 2.54 bits per heavy atom. The molecule has 140 valence electrons. The Morgan fingerprint density at radius 1 is 1.31 bits per heavy atom. The Kier molecular flexibility index (Phi) is 6.48. The van der Waals surface area contributed by atoms with Crippen LogP contribution in [0.5, 0.6) is 5.75 Å². The summed E-state index contributed by atoms with van der Waals surface area (Å²) in [5, 5.41) is 0.138. The summed E-state index contributed by atoms with van der Waals surface area (Å²) in [5.41, 5.74) is 8.91. The average Bonchev–Trinajstić information content (AvgIpc) is 2.61. The van der Waals surface area contributed by atoms with E-state index in [1.807, 2.05) is 25.1 Å². The van der Waals surface area contributed by atoms with Crippen molar-refractivity contribution in [2.24, 2.45) is 10.7 Å². The highest BCUT2D eigenvalue weighted by Gasteiger charge is 2.23. The molecule has 0 atom stereocenters. The van der Waals surface area contributed by atoms with Crippen LogP contribution in [-0.2, 0) is 4.79 Å². The number of nitrogens with zero attached hydrogens (tertiary/aromatic N) is 2. The molecule has 6 heteroatoms. The second-order valence-electron chi connectivity index (χ2n) is 6.31. The number of hydrogen-bond donors (Lipinski definition) is 1. The van der Waals surface area contributed by atoms with Gasteiger partial charge < -0.3 is 15.4 Å². The predicted molar refractivity (Wildman–Crippen MR) is 109 cm³/mol. The molecule has 1 aromatic rings. The van der Waals surface area contributed by atoms with Crippen molar-refractivity contribution in [3.63, 3.8) is 0 Å². The number of aliphatic imine (C=N–C) groups is 1. The number of hydrogen-bond acceptors (Lipinski definition) is 5. The van der Waals surface area contributed by atoms with Crippen LogP contribution in [0.1, 0.15) is 34.1 Å². The number of benzene rings is 1. The lowest BCUT2D eigenvalue weighted by Crippen LogP contribution is -2.30. The molecule has 0 fully saturated rings. The maximum absolute atomic E-state index is 12.0. The van der Waals surface area contributed by atoms with Gasteiger partial charge in [-0.25, -0.2) is 4.99 Å². The molecule has 0 aromatic heterocycles. The number of halogens is 1. The summed E-state index contributed by atoms with van der Waals surface area (Å²) < 4.78 is 5.54. The van der Waals surface area contributed by atoms with Crippen LogP contribution in [0.25, 0.3) is 0 Å². The van der Waals surface area contributed by atoms with E-state index in [2.05, 4.69) is 30.7 Å². The lowest BCUT2D eigenvalue weighted by molar-refractivity contribution is -0.111. The Morgan fingerprint density at radius 2 is 2.00 bits per heavy atom. The van der Waals surface area contributed by atoms with Gasteiger partial charge in [-0.2, -0.15) is 0 Å². The number of methoxy groups -OCH3 is 1. The molecular weight excluding hydrogens is 350 g/mol. The second kappa shape index (κ2) is 8.41. The molecule has 0 radical (unpaired) electrons. The molecule has 0 bridgehead atoms. The van der Waals surface area contributed by atoms with E-state index in [1.165, 1.54) is 0 Å². The molecule has 2 rings (SSSR count). The van der Waals surface area contributed by atoms with Gasteiger partial charge in [-0.3, -0.25) is 4.79 Å². The third-order valence-electron chi connectivity index (χ3n) is 4.38. The summed E-state index contributed by atoms with van der Waals surface area (Å²) in [4.78, 5) is 18.9. The van der Waals surface area contributed by atoms with Crippen LogP contribution in [0, 0.1) is 0 Å². The topological polar surface area (TPSA) is 67.9 Å². The van der Waals surface area contributed by atoms with E-state index >= 15 is 0 Å². The number of allylic oxidation sites excluding steroid dienone is 3. The Balaban J connectivity index is 2.52. The summed E-state index contributed by atoms with van der Waals surface area (Å²) in [7, 11) is 1.62. The minimum absolute atomic E-state index is 0.0958. The standard InChI is InChI=1S/C20H26ClN3O2/c1-6-14-17(11-15(22)20(25)19(14)21)23-16-9-8-13(10-18(16)26-5)24(7-2)12(3)4/h8-12H,6-7,22H2,1-5H3. The third-order valence-corrected chi connectivity index (χ3v) is 4.78. The van der Waals surface area contributed by atoms with Crippen molar-refractivity contribution in [3.05, 3.63) is 40.6 Å². The molecular formula is C20H26ClN3O2. The van der Waals surface area contributed by atoms with E-state index in [9.17, 15) is 4.79 Å². The number of carbonyl (C=O) groups excluding carboxylic acids is 1.